The molecule has 0 fully saturated rings. The highest BCUT2D eigenvalue weighted by Gasteiger charge is 2.13. The van der Waals surface area contributed by atoms with Crippen LogP contribution in [0.2, 0.25) is 0 Å². The molecule has 2 aromatic carbocycles. The van der Waals surface area contributed by atoms with Gasteiger partial charge in [0, 0.05) is 30.2 Å². The Morgan fingerprint density at radius 1 is 1.03 bits per heavy atom. The number of nitrogens with two attached hydrogens (primary N) is 1. The number of aromatic nitrogens is 1. The molecule has 0 unspecified atom stereocenters. The van der Waals surface area contributed by atoms with Crippen LogP contribution in [-0.4, -0.2) is 23.5 Å². The summed E-state index contributed by atoms with van der Waals surface area (Å²) >= 11 is 0. The Bertz CT molecular complexity index is 1020. The lowest BCUT2D eigenvalue weighted by atomic mass is 9.95. The number of hydrogen-bond acceptors (Lipinski definition) is 5. The first-order chi connectivity index (χ1) is 14.6. The van der Waals surface area contributed by atoms with Gasteiger partial charge in [-0.2, -0.15) is 0 Å². The Morgan fingerprint density at radius 3 is 2.57 bits per heavy atom. The Balaban J connectivity index is 1.87. The highest BCUT2D eigenvalue weighted by atomic mass is 16.5. The molecule has 1 amide bonds. The summed E-state index contributed by atoms with van der Waals surface area (Å²) in [5.41, 5.74) is 10.0. The number of unbranched alkanes of at least 4 members (excludes halogenated alkanes) is 1. The van der Waals surface area contributed by atoms with E-state index in [1.807, 2.05) is 19.1 Å². The van der Waals surface area contributed by atoms with Crippen LogP contribution in [0.25, 0.3) is 11.1 Å². The predicted octanol–water partition coefficient (Wildman–Crippen LogP) is 4.42. The largest absolute Gasteiger partial charge is 0.462 e. The minimum Gasteiger partial charge on any atom is -0.462 e. The van der Waals surface area contributed by atoms with E-state index in [0.717, 1.165) is 29.5 Å². The van der Waals surface area contributed by atoms with E-state index in [9.17, 15) is 9.59 Å². The van der Waals surface area contributed by atoms with Gasteiger partial charge in [0.1, 0.15) is 0 Å². The molecule has 0 radical (unpaired) electrons. The zero-order valence-electron chi connectivity index (χ0n) is 16.9. The van der Waals surface area contributed by atoms with Crippen LogP contribution in [-0.2, 0) is 11.3 Å². The van der Waals surface area contributed by atoms with Gasteiger partial charge in [-0.3, -0.25) is 9.78 Å². The van der Waals surface area contributed by atoms with Gasteiger partial charge in [0.25, 0.3) is 5.91 Å². The molecule has 6 nitrogen and oxygen atoms in total. The third kappa shape index (κ3) is 5.30. The first-order valence-corrected chi connectivity index (χ1v) is 9.94. The average molecular weight is 403 g/mol. The van der Waals surface area contributed by atoms with E-state index < -0.39 is 0 Å². The fourth-order valence-corrected chi connectivity index (χ4v) is 3.01. The van der Waals surface area contributed by atoms with Crippen LogP contribution in [0.3, 0.4) is 0 Å². The van der Waals surface area contributed by atoms with Crippen molar-refractivity contribution in [2.75, 3.05) is 11.9 Å². The van der Waals surface area contributed by atoms with Crippen LogP contribution in [0.4, 0.5) is 5.69 Å². The van der Waals surface area contributed by atoms with Gasteiger partial charge in [0.15, 0.2) is 0 Å². The minimum absolute atomic E-state index is 0.235. The summed E-state index contributed by atoms with van der Waals surface area (Å²) < 4.78 is 5.31. The second-order valence-corrected chi connectivity index (χ2v) is 6.84. The van der Waals surface area contributed by atoms with Crippen LogP contribution in [0, 0.1) is 0 Å². The van der Waals surface area contributed by atoms with E-state index in [0.29, 0.717) is 30.0 Å². The number of hydrogen-bond donors (Lipinski definition) is 2. The summed E-state index contributed by atoms with van der Waals surface area (Å²) in [6, 6.07) is 16.0. The van der Waals surface area contributed by atoms with Crippen molar-refractivity contribution >= 4 is 17.6 Å². The van der Waals surface area contributed by atoms with Crippen molar-refractivity contribution in [3.8, 4) is 11.1 Å². The number of nitrogens with one attached hydrogen (secondary N) is 1. The lowest BCUT2D eigenvalue weighted by molar-refractivity contribution is 0.0499. The predicted molar refractivity (Wildman–Crippen MR) is 117 cm³/mol. The average Bonchev–Trinajstić information content (AvgIpc) is 2.79. The standard InChI is InChI=1S/C24H25N3O3/c1-2-3-13-30-24(29)19-6-4-5-17(14-19)22-15-18(7-8-20(22)16-25)23(28)27-21-9-11-26-12-10-21/h4-12,14-15H,2-3,13,16,25H2,1H3,(H,26,27,28). The molecule has 0 aliphatic rings. The van der Waals surface area contributed by atoms with Gasteiger partial charge in [-0.15, -0.1) is 0 Å². The quantitative estimate of drug-likeness (QED) is 0.429. The summed E-state index contributed by atoms with van der Waals surface area (Å²) in [5.74, 6) is -0.590. The maximum atomic E-state index is 12.7. The summed E-state index contributed by atoms with van der Waals surface area (Å²) in [6.45, 7) is 2.76. The molecule has 0 saturated heterocycles. The molecule has 0 spiro atoms. The van der Waals surface area contributed by atoms with Crippen molar-refractivity contribution in [2.45, 2.75) is 26.3 Å². The van der Waals surface area contributed by atoms with E-state index in [4.69, 9.17) is 10.5 Å². The first-order valence-electron chi connectivity index (χ1n) is 9.94. The maximum absolute atomic E-state index is 12.7. The number of pyridine rings is 1. The first kappa shape index (κ1) is 21.2. The number of benzene rings is 2. The van der Waals surface area contributed by atoms with Crippen LogP contribution >= 0.6 is 0 Å². The number of anilines is 1. The smallest absolute Gasteiger partial charge is 0.338 e. The van der Waals surface area contributed by atoms with Crippen molar-refractivity contribution in [3.05, 3.63) is 83.7 Å². The number of esters is 1. The number of amides is 1. The Kier molecular flexibility index (Phi) is 7.29. The van der Waals surface area contributed by atoms with Gasteiger partial charge in [-0.05, 0) is 59.5 Å². The molecule has 3 N–H and O–H groups in total. The van der Waals surface area contributed by atoms with E-state index in [1.54, 1.807) is 54.9 Å². The Labute approximate surface area is 176 Å². The zero-order chi connectivity index (χ0) is 21.3. The van der Waals surface area contributed by atoms with Gasteiger partial charge in [-0.25, -0.2) is 4.79 Å². The molecule has 6 heteroatoms. The molecular weight excluding hydrogens is 378 g/mol. The molecule has 154 valence electrons. The van der Waals surface area contributed by atoms with Crippen LogP contribution in [0.5, 0.6) is 0 Å². The van der Waals surface area contributed by atoms with E-state index in [1.165, 1.54) is 0 Å². The fraction of sp³-hybridized carbons (Fsp3) is 0.208. The lowest BCUT2D eigenvalue weighted by Crippen LogP contribution is -2.13. The molecule has 1 aromatic heterocycles. The number of rotatable bonds is 8. The monoisotopic (exact) mass is 403 g/mol. The molecule has 0 aliphatic heterocycles. The number of nitrogens with zero attached hydrogens (tertiary/aromatic N) is 1. The number of ether oxygens (including phenoxy) is 1. The summed E-state index contributed by atoms with van der Waals surface area (Å²) in [5, 5.41) is 2.85. The van der Waals surface area contributed by atoms with Crippen LogP contribution in [0.1, 0.15) is 46.0 Å². The maximum Gasteiger partial charge on any atom is 0.338 e. The second kappa shape index (κ2) is 10.3. The van der Waals surface area contributed by atoms with E-state index >= 15 is 0 Å². The molecule has 0 saturated carbocycles. The summed E-state index contributed by atoms with van der Waals surface area (Å²) in [7, 11) is 0. The summed E-state index contributed by atoms with van der Waals surface area (Å²) in [6.07, 6.45) is 5.02. The molecule has 0 bridgehead atoms. The highest BCUT2D eigenvalue weighted by Crippen LogP contribution is 2.27. The van der Waals surface area contributed by atoms with E-state index in [-0.39, 0.29) is 11.9 Å². The van der Waals surface area contributed by atoms with Crippen LogP contribution in [0.15, 0.2) is 67.0 Å². The van der Waals surface area contributed by atoms with Gasteiger partial charge >= 0.3 is 5.97 Å². The molecular formula is C24H25N3O3. The van der Waals surface area contributed by atoms with Crippen molar-refractivity contribution in [1.82, 2.24) is 4.98 Å². The normalized spacial score (nSPS) is 10.5. The SMILES string of the molecule is CCCCOC(=O)c1cccc(-c2cc(C(=O)Nc3ccncc3)ccc2CN)c1. The second-order valence-electron chi connectivity index (χ2n) is 6.84. The molecule has 3 aromatic rings. The van der Waals surface area contributed by atoms with Crippen LogP contribution < -0.4 is 11.1 Å². The Hall–Kier alpha value is -3.51. The molecule has 30 heavy (non-hydrogen) atoms. The van der Waals surface area contributed by atoms with Crippen molar-refractivity contribution < 1.29 is 14.3 Å². The number of carbonyl (C=O) groups excluding carboxylic acids is 2. The van der Waals surface area contributed by atoms with Gasteiger partial charge in [0.05, 0.1) is 12.2 Å². The molecule has 3 rings (SSSR count). The lowest BCUT2D eigenvalue weighted by Gasteiger charge is -2.12. The summed E-state index contributed by atoms with van der Waals surface area (Å²) in [4.78, 5) is 28.9. The molecule has 0 aliphatic carbocycles. The van der Waals surface area contributed by atoms with Gasteiger partial charge in [0.2, 0.25) is 0 Å². The molecule has 0 atom stereocenters. The Morgan fingerprint density at radius 2 is 1.83 bits per heavy atom. The van der Waals surface area contributed by atoms with Gasteiger partial charge in [-0.1, -0.05) is 31.5 Å². The van der Waals surface area contributed by atoms with Crippen molar-refractivity contribution in [2.24, 2.45) is 5.73 Å². The minimum atomic E-state index is -0.355. The van der Waals surface area contributed by atoms with Crippen molar-refractivity contribution in [3.63, 3.8) is 0 Å². The number of carbonyl (C=O) groups is 2. The molecule has 1 heterocycles. The van der Waals surface area contributed by atoms with Gasteiger partial charge < -0.3 is 15.8 Å². The van der Waals surface area contributed by atoms with E-state index in [2.05, 4.69) is 10.3 Å². The zero-order valence-corrected chi connectivity index (χ0v) is 16.9. The highest BCUT2D eigenvalue weighted by molar-refractivity contribution is 6.05. The van der Waals surface area contributed by atoms with Crippen molar-refractivity contribution in [1.29, 1.82) is 0 Å². The third-order valence-corrected chi connectivity index (χ3v) is 4.67. The topological polar surface area (TPSA) is 94.3 Å². The fourth-order valence-electron chi connectivity index (χ4n) is 3.01. The third-order valence-electron chi connectivity index (χ3n) is 4.67.